The first-order chi connectivity index (χ1) is 14.1. The summed E-state index contributed by atoms with van der Waals surface area (Å²) < 4.78 is 11.6. The Morgan fingerprint density at radius 1 is 1.14 bits per heavy atom. The molecular formula is C22H19N3O4. The van der Waals surface area contributed by atoms with Crippen LogP contribution in [0, 0.1) is 0 Å². The zero-order chi connectivity index (χ0) is 20.2. The zero-order valence-corrected chi connectivity index (χ0v) is 15.7. The Balaban J connectivity index is 1.54. The Bertz CT molecular complexity index is 1140. The Morgan fingerprint density at radius 2 is 1.93 bits per heavy atom. The largest absolute Gasteiger partial charge is 0.477 e. The number of hydrogen-bond donors (Lipinski definition) is 2. The molecule has 146 valence electrons. The normalized spacial score (nSPS) is 11.9. The topological polar surface area (TPSA) is 97.5 Å². The van der Waals surface area contributed by atoms with Crippen LogP contribution in [0.5, 0.6) is 11.5 Å². The van der Waals surface area contributed by atoms with Gasteiger partial charge in [0.2, 0.25) is 0 Å². The molecule has 0 amide bonds. The van der Waals surface area contributed by atoms with Gasteiger partial charge in [-0.25, -0.2) is 9.78 Å². The Hall–Kier alpha value is -3.87. The molecule has 0 aliphatic heterocycles. The predicted octanol–water partition coefficient (Wildman–Crippen LogP) is 5.28. The van der Waals surface area contributed by atoms with Gasteiger partial charge >= 0.3 is 5.97 Å². The summed E-state index contributed by atoms with van der Waals surface area (Å²) in [6.07, 6.45) is 2.27. The summed E-state index contributed by atoms with van der Waals surface area (Å²) in [6.45, 7) is 2.10. The van der Waals surface area contributed by atoms with E-state index in [1.807, 2.05) is 18.2 Å². The van der Waals surface area contributed by atoms with Crippen molar-refractivity contribution in [1.82, 2.24) is 9.97 Å². The molecule has 0 saturated heterocycles. The molecule has 2 aromatic heterocycles. The summed E-state index contributed by atoms with van der Waals surface area (Å²) in [5.74, 6) is -0.219. The number of carboxylic acid groups (broad SMARTS) is 1. The van der Waals surface area contributed by atoms with E-state index in [1.54, 1.807) is 24.3 Å². The minimum Gasteiger partial charge on any atom is -0.477 e. The highest BCUT2D eigenvalue weighted by Gasteiger charge is 2.14. The first-order valence-corrected chi connectivity index (χ1v) is 9.21. The average molecular weight is 389 g/mol. The van der Waals surface area contributed by atoms with E-state index in [0.29, 0.717) is 28.6 Å². The number of benzene rings is 2. The summed E-state index contributed by atoms with van der Waals surface area (Å²) in [7, 11) is 0. The molecule has 7 nitrogen and oxygen atoms in total. The number of carbonyl (C=O) groups is 1. The zero-order valence-electron chi connectivity index (χ0n) is 15.7. The van der Waals surface area contributed by atoms with Crippen LogP contribution in [0.4, 0.5) is 6.01 Å². The number of anilines is 1. The molecule has 29 heavy (non-hydrogen) atoms. The molecule has 0 radical (unpaired) electrons. The van der Waals surface area contributed by atoms with E-state index in [9.17, 15) is 4.79 Å². The van der Waals surface area contributed by atoms with Gasteiger partial charge in [-0.2, -0.15) is 4.98 Å². The fourth-order valence-corrected chi connectivity index (χ4v) is 3.01. The van der Waals surface area contributed by atoms with Crippen LogP contribution in [-0.2, 0) is 0 Å². The minimum absolute atomic E-state index is 0.0822. The third-order valence-corrected chi connectivity index (χ3v) is 4.45. The van der Waals surface area contributed by atoms with E-state index in [1.165, 1.54) is 12.3 Å². The molecule has 4 aromatic rings. The number of nitrogens with zero attached hydrogens (tertiary/aromatic N) is 2. The van der Waals surface area contributed by atoms with E-state index in [0.717, 1.165) is 12.0 Å². The summed E-state index contributed by atoms with van der Waals surface area (Å²) in [5.41, 5.74) is 2.35. The van der Waals surface area contributed by atoms with Gasteiger partial charge in [0.1, 0.15) is 17.0 Å². The number of pyridine rings is 1. The van der Waals surface area contributed by atoms with Crippen molar-refractivity contribution in [3.8, 4) is 11.5 Å². The number of aromatic nitrogens is 2. The highest BCUT2D eigenvalue weighted by atomic mass is 16.5. The molecule has 0 saturated carbocycles. The number of hydrogen-bond acceptors (Lipinski definition) is 6. The molecule has 1 atom stereocenters. The van der Waals surface area contributed by atoms with Gasteiger partial charge in [-0.3, -0.25) is 0 Å². The van der Waals surface area contributed by atoms with Crippen LogP contribution >= 0.6 is 0 Å². The smallest absolute Gasteiger partial charge is 0.354 e. The van der Waals surface area contributed by atoms with E-state index < -0.39 is 5.97 Å². The lowest BCUT2D eigenvalue weighted by molar-refractivity contribution is 0.0690. The molecule has 2 N–H and O–H groups in total. The number of ether oxygens (including phenoxy) is 1. The van der Waals surface area contributed by atoms with Gasteiger partial charge in [0.15, 0.2) is 11.3 Å². The van der Waals surface area contributed by atoms with Crippen LogP contribution in [0.25, 0.3) is 11.1 Å². The molecule has 0 aliphatic rings. The van der Waals surface area contributed by atoms with Crippen molar-refractivity contribution in [2.75, 3.05) is 5.32 Å². The van der Waals surface area contributed by atoms with Gasteiger partial charge < -0.3 is 19.6 Å². The molecule has 0 aliphatic carbocycles. The molecule has 0 unspecified atom stereocenters. The maximum atomic E-state index is 11.1. The second kappa shape index (κ2) is 8.02. The number of nitrogens with one attached hydrogen (secondary N) is 1. The molecule has 0 fully saturated rings. The molecule has 0 spiro atoms. The Kier molecular flexibility index (Phi) is 5.11. The number of fused-ring (bicyclic) bond motifs is 1. The molecule has 4 rings (SSSR count). The van der Waals surface area contributed by atoms with Gasteiger partial charge in [-0.05, 0) is 30.2 Å². The molecule has 7 heteroatoms. The number of aromatic carboxylic acids is 1. The fourth-order valence-electron chi connectivity index (χ4n) is 3.01. The predicted molar refractivity (Wildman–Crippen MR) is 108 cm³/mol. The quantitative estimate of drug-likeness (QED) is 0.444. The van der Waals surface area contributed by atoms with Crippen molar-refractivity contribution >= 4 is 23.1 Å². The van der Waals surface area contributed by atoms with Gasteiger partial charge in [0.05, 0.1) is 6.04 Å². The first-order valence-electron chi connectivity index (χ1n) is 9.21. The lowest BCUT2D eigenvalue weighted by Gasteiger charge is -2.15. The minimum atomic E-state index is -1.11. The van der Waals surface area contributed by atoms with E-state index in [2.05, 4.69) is 34.3 Å². The van der Waals surface area contributed by atoms with Crippen molar-refractivity contribution in [2.24, 2.45) is 0 Å². The second-order valence-electron chi connectivity index (χ2n) is 6.45. The Labute approximate surface area is 167 Å². The van der Waals surface area contributed by atoms with Crippen molar-refractivity contribution in [2.45, 2.75) is 19.4 Å². The van der Waals surface area contributed by atoms with E-state index in [-0.39, 0.29) is 11.7 Å². The summed E-state index contributed by atoms with van der Waals surface area (Å²) in [5, 5.41) is 12.4. The lowest BCUT2D eigenvalue weighted by atomic mass is 10.1. The van der Waals surface area contributed by atoms with Crippen molar-refractivity contribution in [3.63, 3.8) is 0 Å². The van der Waals surface area contributed by atoms with Crippen LogP contribution in [0.1, 0.15) is 35.4 Å². The molecule has 0 bridgehead atoms. The Morgan fingerprint density at radius 3 is 2.69 bits per heavy atom. The molecule has 2 aromatic carbocycles. The number of oxazole rings is 1. The van der Waals surface area contributed by atoms with Gasteiger partial charge in [0.25, 0.3) is 6.01 Å². The lowest BCUT2D eigenvalue weighted by Crippen LogP contribution is -2.09. The van der Waals surface area contributed by atoms with Crippen molar-refractivity contribution in [3.05, 3.63) is 78.1 Å². The van der Waals surface area contributed by atoms with Crippen LogP contribution in [0.15, 0.2) is 71.3 Å². The maximum Gasteiger partial charge on any atom is 0.354 e. The van der Waals surface area contributed by atoms with Gasteiger partial charge in [0, 0.05) is 18.3 Å². The summed E-state index contributed by atoms with van der Waals surface area (Å²) in [6, 6.07) is 18.9. The fraction of sp³-hybridized carbons (Fsp3) is 0.136. The monoisotopic (exact) mass is 389 g/mol. The first kappa shape index (κ1) is 18.5. The number of rotatable bonds is 7. The standard InChI is InChI=1S/C22H19N3O4/c1-2-17(14-6-4-3-5-7-14)24-22-25-18-9-8-15(13-20(18)29-22)28-16-10-11-23-19(12-16)21(26)27/h3-13,17H,2H2,1H3,(H,24,25)(H,26,27)/t17-/m1/s1. The van der Waals surface area contributed by atoms with Crippen LogP contribution < -0.4 is 10.1 Å². The third-order valence-electron chi connectivity index (χ3n) is 4.45. The third kappa shape index (κ3) is 4.19. The summed E-state index contributed by atoms with van der Waals surface area (Å²) in [4.78, 5) is 19.3. The molecule has 2 heterocycles. The maximum absolute atomic E-state index is 11.1. The molecular weight excluding hydrogens is 370 g/mol. The second-order valence-corrected chi connectivity index (χ2v) is 6.45. The van der Waals surface area contributed by atoms with Crippen LogP contribution in [0.3, 0.4) is 0 Å². The SMILES string of the molecule is CC[C@@H](Nc1nc2ccc(Oc3ccnc(C(=O)O)c3)cc2o1)c1ccccc1. The van der Waals surface area contributed by atoms with Crippen molar-refractivity contribution in [1.29, 1.82) is 0 Å². The number of carboxylic acids is 1. The highest BCUT2D eigenvalue weighted by molar-refractivity contribution is 5.85. The van der Waals surface area contributed by atoms with E-state index in [4.69, 9.17) is 14.3 Å². The summed E-state index contributed by atoms with van der Waals surface area (Å²) >= 11 is 0. The van der Waals surface area contributed by atoms with Crippen LogP contribution in [0.2, 0.25) is 0 Å². The van der Waals surface area contributed by atoms with Gasteiger partial charge in [-0.1, -0.05) is 37.3 Å². The van der Waals surface area contributed by atoms with Gasteiger partial charge in [-0.15, -0.1) is 0 Å². The van der Waals surface area contributed by atoms with Crippen molar-refractivity contribution < 1.29 is 19.1 Å². The van der Waals surface area contributed by atoms with E-state index >= 15 is 0 Å². The average Bonchev–Trinajstić information content (AvgIpc) is 3.14. The van der Waals surface area contributed by atoms with Crippen LogP contribution in [-0.4, -0.2) is 21.0 Å². The highest BCUT2D eigenvalue weighted by Crippen LogP contribution is 2.29.